The molecule has 1 aliphatic rings. The van der Waals surface area contributed by atoms with E-state index < -0.39 is 23.2 Å². The van der Waals surface area contributed by atoms with E-state index in [1.807, 2.05) is 0 Å². The average molecular weight is 237 g/mol. The number of H-pyrrole nitrogens is 1. The van der Waals surface area contributed by atoms with Gasteiger partial charge in [0.1, 0.15) is 5.82 Å². The van der Waals surface area contributed by atoms with Crippen LogP contribution in [-0.4, -0.2) is 27.0 Å². The summed E-state index contributed by atoms with van der Waals surface area (Å²) in [6.45, 7) is 3.89. The Morgan fingerprint density at radius 2 is 2.24 bits per heavy atom. The van der Waals surface area contributed by atoms with Gasteiger partial charge in [-0.15, -0.1) is 0 Å². The molecule has 2 rings (SSSR count). The van der Waals surface area contributed by atoms with Crippen molar-refractivity contribution >= 4 is 11.9 Å². The standard InChI is InChI=1S/C11H15N3O3/c1-11(2)7(8(11)10(16)17)9(15)14-5-6-12-3-4-13-6/h3-4,7-8H,5H2,1-2H3,(H,12,13)(H,14,15)(H,16,17). The van der Waals surface area contributed by atoms with Gasteiger partial charge in [0.15, 0.2) is 0 Å². The van der Waals surface area contributed by atoms with Crippen LogP contribution in [0, 0.1) is 17.3 Å². The third-order valence-corrected chi connectivity index (χ3v) is 3.36. The highest BCUT2D eigenvalue weighted by Crippen LogP contribution is 2.58. The number of aromatic nitrogens is 2. The number of nitrogens with one attached hydrogen (secondary N) is 2. The number of carbonyl (C=O) groups is 2. The summed E-state index contributed by atoms with van der Waals surface area (Å²) in [6, 6.07) is 0. The Morgan fingerprint density at radius 1 is 1.53 bits per heavy atom. The van der Waals surface area contributed by atoms with Crippen molar-refractivity contribution in [2.24, 2.45) is 17.3 Å². The minimum Gasteiger partial charge on any atom is -0.481 e. The highest BCUT2D eigenvalue weighted by Gasteiger charge is 2.65. The molecule has 0 spiro atoms. The third-order valence-electron chi connectivity index (χ3n) is 3.36. The van der Waals surface area contributed by atoms with E-state index in [9.17, 15) is 9.59 Å². The van der Waals surface area contributed by atoms with E-state index in [1.165, 1.54) is 0 Å². The largest absolute Gasteiger partial charge is 0.481 e. The van der Waals surface area contributed by atoms with E-state index in [0.717, 1.165) is 0 Å². The minimum atomic E-state index is -0.909. The summed E-state index contributed by atoms with van der Waals surface area (Å²) in [5.41, 5.74) is -0.459. The van der Waals surface area contributed by atoms with E-state index >= 15 is 0 Å². The van der Waals surface area contributed by atoms with Crippen LogP contribution in [0.2, 0.25) is 0 Å². The number of hydrogen-bond acceptors (Lipinski definition) is 3. The molecule has 6 nitrogen and oxygen atoms in total. The van der Waals surface area contributed by atoms with Crippen molar-refractivity contribution in [3.8, 4) is 0 Å². The quantitative estimate of drug-likeness (QED) is 0.705. The molecule has 1 heterocycles. The van der Waals surface area contributed by atoms with Crippen LogP contribution in [-0.2, 0) is 16.1 Å². The Kier molecular flexibility index (Phi) is 2.65. The Balaban J connectivity index is 1.92. The van der Waals surface area contributed by atoms with Crippen molar-refractivity contribution < 1.29 is 14.7 Å². The van der Waals surface area contributed by atoms with Crippen LogP contribution in [0.1, 0.15) is 19.7 Å². The number of hydrogen-bond donors (Lipinski definition) is 3. The summed E-state index contributed by atoms with van der Waals surface area (Å²) in [4.78, 5) is 29.6. The van der Waals surface area contributed by atoms with Gasteiger partial charge in [-0.1, -0.05) is 13.8 Å². The van der Waals surface area contributed by atoms with Gasteiger partial charge in [0.05, 0.1) is 18.4 Å². The van der Waals surface area contributed by atoms with Crippen LogP contribution in [0.25, 0.3) is 0 Å². The topological polar surface area (TPSA) is 95.1 Å². The zero-order chi connectivity index (χ0) is 12.6. The minimum absolute atomic E-state index is 0.223. The molecule has 1 aliphatic carbocycles. The molecule has 92 valence electrons. The molecule has 0 bridgehead atoms. The number of carboxylic acids is 1. The van der Waals surface area contributed by atoms with Crippen molar-refractivity contribution in [1.82, 2.24) is 15.3 Å². The van der Waals surface area contributed by atoms with Crippen molar-refractivity contribution in [2.75, 3.05) is 0 Å². The van der Waals surface area contributed by atoms with Gasteiger partial charge in [-0.2, -0.15) is 0 Å². The molecule has 0 aromatic carbocycles. The number of nitrogens with zero attached hydrogens (tertiary/aromatic N) is 1. The van der Waals surface area contributed by atoms with E-state index in [1.54, 1.807) is 26.2 Å². The van der Waals surface area contributed by atoms with Gasteiger partial charge in [-0.3, -0.25) is 9.59 Å². The van der Waals surface area contributed by atoms with Crippen LogP contribution in [0.3, 0.4) is 0 Å². The lowest BCUT2D eigenvalue weighted by Crippen LogP contribution is -2.27. The first-order valence-corrected chi connectivity index (χ1v) is 5.43. The molecule has 2 atom stereocenters. The second-order valence-electron chi connectivity index (χ2n) is 4.87. The first-order valence-electron chi connectivity index (χ1n) is 5.43. The predicted octanol–water partition coefficient (Wildman–Crippen LogP) is 0.383. The molecule has 6 heteroatoms. The first-order chi connectivity index (χ1) is 7.94. The van der Waals surface area contributed by atoms with Gasteiger partial charge < -0.3 is 15.4 Å². The Morgan fingerprint density at radius 3 is 2.71 bits per heavy atom. The zero-order valence-electron chi connectivity index (χ0n) is 9.73. The Bertz CT molecular complexity index is 439. The molecule has 3 N–H and O–H groups in total. The van der Waals surface area contributed by atoms with Gasteiger partial charge in [0.25, 0.3) is 0 Å². The third kappa shape index (κ3) is 2.02. The van der Waals surface area contributed by atoms with E-state index in [0.29, 0.717) is 12.4 Å². The zero-order valence-corrected chi connectivity index (χ0v) is 9.73. The average Bonchev–Trinajstić information content (AvgIpc) is 2.65. The van der Waals surface area contributed by atoms with Gasteiger partial charge in [0.2, 0.25) is 5.91 Å². The van der Waals surface area contributed by atoms with Gasteiger partial charge >= 0.3 is 5.97 Å². The fraction of sp³-hybridized carbons (Fsp3) is 0.545. The normalized spacial score (nSPS) is 25.3. The Labute approximate surface area is 98.4 Å². The molecule has 17 heavy (non-hydrogen) atoms. The fourth-order valence-electron chi connectivity index (χ4n) is 2.26. The van der Waals surface area contributed by atoms with Crippen molar-refractivity contribution in [2.45, 2.75) is 20.4 Å². The lowest BCUT2D eigenvalue weighted by molar-refractivity contribution is -0.140. The first kappa shape index (κ1) is 11.6. The number of amides is 1. The number of imidazole rings is 1. The second kappa shape index (κ2) is 3.87. The maximum absolute atomic E-state index is 11.8. The fourth-order valence-corrected chi connectivity index (χ4v) is 2.26. The summed E-state index contributed by atoms with van der Waals surface area (Å²) >= 11 is 0. The summed E-state index contributed by atoms with van der Waals surface area (Å²) in [5.74, 6) is -1.51. The molecular weight excluding hydrogens is 222 g/mol. The maximum Gasteiger partial charge on any atom is 0.307 e. The number of rotatable bonds is 4. The van der Waals surface area contributed by atoms with E-state index in [4.69, 9.17) is 5.11 Å². The molecule has 1 saturated carbocycles. The van der Waals surface area contributed by atoms with Crippen LogP contribution in [0.4, 0.5) is 0 Å². The molecule has 2 unspecified atom stereocenters. The highest BCUT2D eigenvalue weighted by molar-refractivity contribution is 5.91. The van der Waals surface area contributed by atoms with Crippen LogP contribution < -0.4 is 5.32 Å². The molecular formula is C11H15N3O3. The predicted molar refractivity (Wildman–Crippen MR) is 58.8 cm³/mol. The van der Waals surface area contributed by atoms with Gasteiger partial charge in [0, 0.05) is 12.4 Å². The summed E-state index contributed by atoms with van der Waals surface area (Å²) in [6.07, 6.45) is 3.27. The van der Waals surface area contributed by atoms with E-state index in [2.05, 4.69) is 15.3 Å². The molecule has 1 amide bonds. The molecule has 1 aromatic rings. The van der Waals surface area contributed by atoms with Crippen molar-refractivity contribution in [3.63, 3.8) is 0 Å². The monoisotopic (exact) mass is 237 g/mol. The highest BCUT2D eigenvalue weighted by atomic mass is 16.4. The smallest absolute Gasteiger partial charge is 0.307 e. The van der Waals surface area contributed by atoms with Crippen LogP contribution in [0.15, 0.2) is 12.4 Å². The SMILES string of the molecule is CC1(C)C(C(=O)O)C1C(=O)NCc1ncc[nH]1. The van der Waals surface area contributed by atoms with Crippen LogP contribution in [0.5, 0.6) is 0 Å². The molecule has 1 aromatic heterocycles. The van der Waals surface area contributed by atoms with Gasteiger partial charge in [-0.25, -0.2) is 4.98 Å². The number of carboxylic acid groups (broad SMARTS) is 1. The number of aliphatic carboxylic acids is 1. The second-order valence-corrected chi connectivity index (χ2v) is 4.87. The van der Waals surface area contributed by atoms with Gasteiger partial charge in [-0.05, 0) is 5.41 Å². The molecule has 0 radical (unpaired) electrons. The van der Waals surface area contributed by atoms with Crippen molar-refractivity contribution in [1.29, 1.82) is 0 Å². The maximum atomic E-state index is 11.8. The summed E-state index contributed by atoms with van der Waals surface area (Å²) in [5, 5.41) is 11.7. The molecule has 1 fully saturated rings. The number of aromatic amines is 1. The lowest BCUT2D eigenvalue weighted by Gasteiger charge is -2.03. The number of carbonyl (C=O) groups excluding carboxylic acids is 1. The van der Waals surface area contributed by atoms with Crippen LogP contribution >= 0.6 is 0 Å². The van der Waals surface area contributed by atoms with E-state index in [-0.39, 0.29) is 5.91 Å². The molecule has 0 aliphatic heterocycles. The lowest BCUT2D eigenvalue weighted by atomic mass is 10.1. The molecule has 0 saturated heterocycles. The summed E-state index contributed by atoms with van der Waals surface area (Å²) < 4.78 is 0. The van der Waals surface area contributed by atoms with Crippen molar-refractivity contribution in [3.05, 3.63) is 18.2 Å². The Hall–Kier alpha value is -1.85. The summed E-state index contributed by atoms with van der Waals surface area (Å²) in [7, 11) is 0.